The van der Waals surface area contributed by atoms with E-state index in [1.165, 1.54) is 20.5 Å². The fourth-order valence-electron chi connectivity index (χ4n) is 4.64. The van der Waals surface area contributed by atoms with E-state index in [0.29, 0.717) is 29.0 Å². The lowest BCUT2D eigenvalue weighted by molar-refractivity contribution is -0.132. The number of amides is 1. The zero-order chi connectivity index (χ0) is 23.8. The normalized spacial score (nSPS) is 14.1. The van der Waals surface area contributed by atoms with Crippen LogP contribution in [0.4, 0.5) is 5.69 Å². The molecule has 2 aromatic carbocycles. The van der Waals surface area contributed by atoms with Crippen molar-refractivity contribution in [1.82, 2.24) is 14.0 Å². The molecule has 1 saturated heterocycles. The minimum absolute atomic E-state index is 0.0948. The summed E-state index contributed by atoms with van der Waals surface area (Å²) in [5.41, 5.74) is 3.28. The summed E-state index contributed by atoms with van der Waals surface area (Å²) in [7, 11) is 0. The molecule has 0 atom stereocenters. The molecular weight excluding hydrogens is 448 g/mol. The number of hydrogen-bond donors (Lipinski definition) is 0. The number of rotatable bonds is 4. The Bertz CT molecular complexity index is 1460. The zero-order valence-electron chi connectivity index (χ0n) is 19.2. The first-order valence-electron chi connectivity index (χ1n) is 11.3. The molecule has 1 fully saturated rings. The van der Waals surface area contributed by atoms with Crippen LogP contribution in [0.2, 0.25) is 0 Å². The fraction of sp³-hybridized carbons (Fsp3) is 0.269. The Balaban J connectivity index is 1.45. The van der Waals surface area contributed by atoms with Gasteiger partial charge in [-0.3, -0.25) is 14.2 Å². The van der Waals surface area contributed by atoms with Crippen LogP contribution >= 0.6 is 11.3 Å². The van der Waals surface area contributed by atoms with E-state index < -0.39 is 5.69 Å². The molecule has 0 aliphatic carbocycles. The van der Waals surface area contributed by atoms with Crippen LogP contribution in [-0.2, 0) is 11.3 Å². The van der Waals surface area contributed by atoms with Gasteiger partial charge in [0.1, 0.15) is 11.2 Å². The summed E-state index contributed by atoms with van der Waals surface area (Å²) in [4.78, 5) is 44.0. The lowest BCUT2D eigenvalue weighted by Gasteiger charge is -2.36. The molecule has 1 aliphatic heterocycles. The number of carbonyl (C=O) groups excluding carboxylic acids is 1. The quantitative estimate of drug-likeness (QED) is 0.456. The molecule has 1 amide bonds. The van der Waals surface area contributed by atoms with E-state index in [1.807, 2.05) is 50.2 Å². The van der Waals surface area contributed by atoms with Gasteiger partial charge in [-0.15, -0.1) is 11.3 Å². The highest BCUT2D eigenvalue weighted by molar-refractivity contribution is 7.17. The predicted octanol–water partition coefficient (Wildman–Crippen LogP) is 3.18. The molecule has 1 aliphatic rings. The van der Waals surface area contributed by atoms with Gasteiger partial charge in [-0.05, 0) is 60.7 Å². The van der Waals surface area contributed by atoms with Gasteiger partial charge in [0.05, 0.1) is 11.2 Å². The summed E-state index contributed by atoms with van der Waals surface area (Å²) in [6.45, 7) is 6.42. The molecule has 34 heavy (non-hydrogen) atoms. The van der Waals surface area contributed by atoms with Crippen LogP contribution in [0.25, 0.3) is 15.9 Å². The monoisotopic (exact) mass is 474 g/mol. The number of aromatic nitrogens is 2. The lowest BCUT2D eigenvalue weighted by Crippen LogP contribution is -2.50. The molecule has 0 N–H and O–H groups in total. The van der Waals surface area contributed by atoms with Crippen molar-refractivity contribution < 1.29 is 4.79 Å². The predicted molar refractivity (Wildman–Crippen MR) is 136 cm³/mol. The van der Waals surface area contributed by atoms with Gasteiger partial charge in [0.15, 0.2) is 0 Å². The number of carbonyl (C=O) groups is 1. The third-order valence-corrected chi connectivity index (χ3v) is 7.16. The highest BCUT2D eigenvalue weighted by Crippen LogP contribution is 2.19. The van der Waals surface area contributed by atoms with Gasteiger partial charge in [0, 0.05) is 31.9 Å². The molecule has 174 valence electrons. The summed E-state index contributed by atoms with van der Waals surface area (Å²) in [5, 5.41) is 1.79. The Morgan fingerprint density at radius 3 is 2.24 bits per heavy atom. The third kappa shape index (κ3) is 4.05. The largest absolute Gasteiger partial charge is 0.368 e. The standard InChI is InChI=1S/C26H26N4O3S/c1-18-14-19(2)16-21(15-18)30-25(32)24-22(8-13-34-24)29(26(30)33)17-23(31)28-11-9-27(10-12-28)20-6-4-3-5-7-20/h3-8,13-16H,9-12,17H2,1-2H3. The first-order chi connectivity index (χ1) is 16.4. The van der Waals surface area contributed by atoms with Crippen molar-refractivity contribution in [3.05, 3.63) is 91.9 Å². The lowest BCUT2D eigenvalue weighted by atomic mass is 10.1. The van der Waals surface area contributed by atoms with Gasteiger partial charge in [-0.2, -0.15) is 0 Å². The van der Waals surface area contributed by atoms with Crippen LogP contribution in [-0.4, -0.2) is 46.1 Å². The number of fused-ring (bicyclic) bond motifs is 1. The minimum Gasteiger partial charge on any atom is -0.368 e. The molecule has 0 saturated carbocycles. The number of piperazine rings is 1. The van der Waals surface area contributed by atoms with Gasteiger partial charge in [0.25, 0.3) is 5.56 Å². The highest BCUT2D eigenvalue weighted by Gasteiger charge is 2.24. The van der Waals surface area contributed by atoms with Crippen molar-refractivity contribution in [1.29, 1.82) is 0 Å². The van der Waals surface area contributed by atoms with E-state index in [2.05, 4.69) is 17.0 Å². The number of aryl methyl sites for hydroxylation is 2. The molecule has 4 aromatic rings. The Kier molecular flexibility index (Phi) is 5.83. The Morgan fingerprint density at radius 1 is 0.882 bits per heavy atom. The molecule has 7 nitrogen and oxygen atoms in total. The van der Waals surface area contributed by atoms with Crippen molar-refractivity contribution in [2.45, 2.75) is 20.4 Å². The molecule has 8 heteroatoms. The van der Waals surface area contributed by atoms with Crippen molar-refractivity contribution >= 4 is 33.1 Å². The van der Waals surface area contributed by atoms with Crippen molar-refractivity contribution in [2.24, 2.45) is 0 Å². The van der Waals surface area contributed by atoms with Crippen LogP contribution in [0.15, 0.2) is 69.6 Å². The van der Waals surface area contributed by atoms with Gasteiger partial charge in [-0.1, -0.05) is 24.3 Å². The van der Waals surface area contributed by atoms with Crippen LogP contribution in [0.5, 0.6) is 0 Å². The SMILES string of the molecule is Cc1cc(C)cc(-n2c(=O)c3sccc3n(CC(=O)N3CCN(c4ccccc4)CC3)c2=O)c1. The Morgan fingerprint density at radius 2 is 1.56 bits per heavy atom. The second-order valence-corrected chi connectivity index (χ2v) is 9.61. The summed E-state index contributed by atoms with van der Waals surface area (Å²) >= 11 is 1.29. The van der Waals surface area contributed by atoms with Gasteiger partial charge in [0.2, 0.25) is 5.91 Å². The number of nitrogens with zero attached hydrogens (tertiary/aromatic N) is 4. The summed E-state index contributed by atoms with van der Waals surface area (Å²) in [5.74, 6) is -0.118. The van der Waals surface area contributed by atoms with Crippen LogP contribution in [0, 0.1) is 13.8 Å². The Labute approximate surface area is 201 Å². The summed E-state index contributed by atoms with van der Waals surface area (Å²) in [6, 6.07) is 17.5. The molecule has 5 rings (SSSR count). The maximum absolute atomic E-state index is 13.5. The number of para-hydroxylation sites is 1. The maximum atomic E-state index is 13.5. The maximum Gasteiger partial charge on any atom is 0.336 e. The van der Waals surface area contributed by atoms with E-state index in [9.17, 15) is 14.4 Å². The second-order valence-electron chi connectivity index (χ2n) is 8.69. The molecule has 3 heterocycles. The Hall–Kier alpha value is -3.65. The van der Waals surface area contributed by atoms with Crippen molar-refractivity contribution in [3.63, 3.8) is 0 Å². The van der Waals surface area contributed by atoms with Crippen LogP contribution in [0.1, 0.15) is 11.1 Å². The van der Waals surface area contributed by atoms with Crippen LogP contribution < -0.4 is 16.1 Å². The van der Waals surface area contributed by atoms with E-state index in [-0.39, 0.29) is 18.0 Å². The van der Waals surface area contributed by atoms with E-state index in [1.54, 1.807) is 16.3 Å². The van der Waals surface area contributed by atoms with Gasteiger partial charge < -0.3 is 9.80 Å². The zero-order valence-corrected chi connectivity index (χ0v) is 20.0. The molecule has 0 bridgehead atoms. The first kappa shape index (κ1) is 22.2. The molecule has 0 spiro atoms. The van der Waals surface area contributed by atoms with Gasteiger partial charge >= 0.3 is 5.69 Å². The minimum atomic E-state index is -0.489. The van der Waals surface area contributed by atoms with Gasteiger partial charge in [-0.25, -0.2) is 9.36 Å². The molecule has 2 aromatic heterocycles. The van der Waals surface area contributed by atoms with E-state index in [4.69, 9.17) is 0 Å². The average molecular weight is 475 g/mol. The summed E-state index contributed by atoms with van der Waals surface area (Å²) < 4.78 is 3.11. The van der Waals surface area contributed by atoms with Crippen LogP contribution in [0.3, 0.4) is 0 Å². The van der Waals surface area contributed by atoms with E-state index in [0.717, 1.165) is 29.9 Å². The number of hydrogen-bond acceptors (Lipinski definition) is 5. The molecule has 0 radical (unpaired) electrons. The summed E-state index contributed by atoms with van der Waals surface area (Å²) in [6.07, 6.45) is 0. The van der Waals surface area contributed by atoms with Crippen molar-refractivity contribution in [3.8, 4) is 5.69 Å². The van der Waals surface area contributed by atoms with E-state index >= 15 is 0 Å². The topological polar surface area (TPSA) is 67.6 Å². The third-order valence-electron chi connectivity index (χ3n) is 6.27. The second kappa shape index (κ2) is 8.95. The smallest absolute Gasteiger partial charge is 0.336 e. The average Bonchev–Trinajstić information content (AvgIpc) is 3.32. The number of benzene rings is 2. The molecular formula is C26H26N4O3S. The number of anilines is 1. The van der Waals surface area contributed by atoms with Crippen molar-refractivity contribution in [2.75, 3.05) is 31.1 Å². The molecule has 0 unspecified atom stereocenters. The first-order valence-corrected chi connectivity index (χ1v) is 12.2. The number of thiophene rings is 1. The highest BCUT2D eigenvalue weighted by atomic mass is 32.1. The fourth-order valence-corrected chi connectivity index (χ4v) is 5.46.